The first-order chi connectivity index (χ1) is 12.5. The third kappa shape index (κ3) is 3.29. The summed E-state index contributed by atoms with van der Waals surface area (Å²) in [6.07, 6.45) is -1.10. The fraction of sp³-hybridized carbons (Fsp3) is 0.250. The van der Waals surface area contributed by atoms with Gasteiger partial charge in [-0.15, -0.1) is 0 Å². The van der Waals surface area contributed by atoms with E-state index in [0.29, 0.717) is 11.1 Å². The number of ketones is 2. The largest absolute Gasteiger partial charge is 0.468 e. The van der Waals surface area contributed by atoms with E-state index < -0.39 is 24.0 Å². The maximum atomic E-state index is 13.1. The van der Waals surface area contributed by atoms with Gasteiger partial charge in [-0.05, 0) is 0 Å². The summed E-state index contributed by atoms with van der Waals surface area (Å²) >= 11 is 0. The van der Waals surface area contributed by atoms with Crippen molar-refractivity contribution in [2.24, 2.45) is 5.92 Å². The molecule has 0 saturated carbocycles. The molecular formula is C20H19NO5. The normalized spacial score (nSPS) is 22.8. The van der Waals surface area contributed by atoms with Gasteiger partial charge in [-0.1, -0.05) is 60.7 Å². The number of benzene rings is 2. The number of likely N-dealkylation sites (N-methyl/N-ethyl adjacent to an activating group) is 1. The summed E-state index contributed by atoms with van der Waals surface area (Å²) in [6.45, 7) is 0. The van der Waals surface area contributed by atoms with Crippen LogP contribution in [0.1, 0.15) is 20.7 Å². The van der Waals surface area contributed by atoms with Crippen LogP contribution in [0.15, 0.2) is 60.7 Å². The van der Waals surface area contributed by atoms with Crippen molar-refractivity contribution in [1.82, 2.24) is 5.06 Å². The molecule has 0 bridgehead atoms. The number of hydroxylamine groups is 2. The van der Waals surface area contributed by atoms with Crippen molar-refractivity contribution >= 4 is 17.5 Å². The zero-order valence-electron chi connectivity index (χ0n) is 14.5. The second-order valence-electron chi connectivity index (χ2n) is 6.03. The minimum absolute atomic E-state index is 0.334. The predicted molar refractivity (Wildman–Crippen MR) is 93.5 cm³/mol. The Kier molecular flexibility index (Phi) is 5.25. The number of carbonyl (C=O) groups excluding carboxylic acids is 3. The number of methoxy groups -OCH3 is 1. The number of esters is 1. The first kappa shape index (κ1) is 18.0. The quantitative estimate of drug-likeness (QED) is 0.606. The molecule has 0 unspecified atom stereocenters. The Morgan fingerprint density at radius 2 is 1.38 bits per heavy atom. The van der Waals surface area contributed by atoms with Crippen molar-refractivity contribution in [2.45, 2.75) is 12.1 Å². The van der Waals surface area contributed by atoms with Gasteiger partial charge >= 0.3 is 5.97 Å². The Morgan fingerprint density at radius 1 is 0.885 bits per heavy atom. The van der Waals surface area contributed by atoms with Gasteiger partial charge in [0.1, 0.15) is 6.04 Å². The van der Waals surface area contributed by atoms with Crippen LogP contribution in [0.5, 0.6) is 0 Å². The maximum Gasteiger partial charge on any atom is 0.326 e. The minimum atomic E-state index is -1.10. The molecule has 2 aromatic carbocycles. The molecule has 1 heterocycles. The summed E-state index contributed by atoms with van der Waals surface area (Å²) < 4.78 is 4.83. The number of hydrogen-bond acceptors (Lipinski definition) is 6. The number of ether oxygens (including phenoxy) is 1. The Hall–Kier alpha value is -2.83. The van der Waals surface area contributed by atoms with Crippen molar-refractivity contribution in [3.8, 4) is 0 Å². The van der Waals surface area contributed by atoms with Gasteiger partial charge in [-0.25, -0.2) is 0 Å². The van der Waals surface area contributed by atoms with Crippen molar-refractivity contribution in [3.05, 3.63) is 71.8 Å². The van der Waals surface area contributed by atoms with Crippen LogP contribution < -0.4 is 0 Å². The zero-order chi connectivity index (χ0) is 18.7. The van der Waals surface area contributed by atoms with Gasteiger partial charge < -0.3 is 4.74 Å². The molecule has 0 aliphatic carbocycles. The molecule has 6 heteroatoms. The van der Waals surface area contributed by atoms with Crippen molar-refractivity contribution in [2.75, 3.05) is 14.2 Å². The van der Waals surface area contributed by atoms with Crippen LogP contribution in [-0.2, 0) is 14.4 Å². The van der Waals surface area contributed by atoms with E-state index >= 15 is 0 Å². The van der Waals surface area contributed by atoms with E-state index in [0.717, 1.165) is 0 Å². The molecule has 2 aromatic rings. The molecule has 134 valence electrons. The third-order valence-corrected chi connectivity index (χ3v) is 4.46. The monoisotopic (exact) mass is 353 g/mol. The summed E-state index contributed by atoms with van der Waals surface area (Å²) in [6, 6.07) is 16.1. The van der Waals surface area contributed by atoms with Gasteiger partial charge in [0.25, 0.3) is 0 Å². The topological polar surface area (TPSA) is 72.9 Å². The molecule has 26 heavy (non-hydrogen) atoms. The van der Waals surface area contributed by atoms with Gasteiger partial charge in [0, 0.05) is 18.2 Å². The number of rotatable bonds is 5. The van der Waals surface area contributed by atoms with E-state index in [2.05, 4.69) is 0 Å². The van der Waals surface area contributed by atoms with Gasteiger partial charge in [0.2, 0.25) is 0 Å². The van der Waals surface area contributed by atoms with Crippen LogP contribution >= 0.6 is 0 Å². The van der Waals surface area contributed by atoms with Crippen LogP contribution in [0.2, 0.25) is 0 Å². The summed E-state index contributed by atoms with van der Waals surface area (Å²) in [7, 11) is 2.76. The van der Waals surface area contributed by atoms with Gasteiger partial charge in [-0.2, -0.15) is 5.06 Å². The fourth-order valence-electron chi connectivity index (χ4n) is 3.17. The number of nitrogens with zero attached hydrogens (tertiary/aromatic N) is 1. The summed E-state index contributed by atoms with van der Waals surface area (Å²) in [5, 5.41) is 1.24. The average Bonchev–Trinajstić information content (AvgIpc) is 3.04. The molecule has 3 rings (SSSR count). The van der Waals surface area contributed by atoms with E-state index in [-0.39, 0.29) is 11.6 Å². The van der Waals surface area contributed by atoms with Crippen LogP contribution in [0.3, 0.4) is 0 Å². The molecule has 3 atom stereocenters. The second kappa shape index (κ2) is 7.59. The lowest BCUT2D eigenvalue weighted by Crippen LogP contribution is -2.43. The highest BCUT2D eigenvalue weighted by Crippen LogP contribution is 2.32. The highest BCUT2D eigenvalue weighted by atomic mass is 16.7. The molecule has 0 N–H and O–H groups in total. The first-order valence-electron chi connectivity index (χ1n) is 8.20. The summed E-state index contributed by atoms with van der Waals surface area (Å²) in [4.78, 5) is 43.9. The lowest BCUT2D eigenvalue weighted by Gasteiger charge is -2.20. The lowest BCUT2D eigenvalue weighted by atomic mass is 9.84. The predicted octanol–water partition coefficient (Wildman–Crippen LogP) is 2.16. The number of hydrogen-bond donors (Lipinski definition) is 0. The van der Waals surface area contributed by atoms with Crippen LogP contribution in [-0.4, -0.2) is 48.9 Å². The highest BCUT2D eigenvalue weighted by molar-refractivity contribution is 6.08. The standard InChI is InChI=1S/C20H19NO5/c1-21-16(20(24)25-2)15(17(22)13-9-5-3-6-10-13)19(26-21)18(23)14-11-7-4-8-12-14/h3-12,15-16,19H,1-2H3/t15-,16-,19-/m0/s1. The minimum Gasteiger partial charge on any atom is -0.468 e. The zero-order valence-corrected chi connectivity index (χ0v) is 14.5. The Morgan fingerprint density at radius 3 is 1.88 bits per heavy atom. The van der Waals surface area contributed by atoms with Crippen LogP contribution in [0, 0.1) is 5.92 Å². The average molecular weight is 353 g/mol. The second-order valence-corrected chi connectivity index (χ2v) is 6.03. The smallest absolute Gasteiger partial charge is 0.326 e. The molecule has 1 aliphatic heterocycles. The van der Waals surface area contributed by atoms with Gasteiger partial charge in [-0.3, -0.25) is 19.2 Å². The van der Waals surface area contributed by atoms with E-state index in [9.17, 15) is 14.4 Å². The molecule has 6 nitrogen and oxygen atoms in total. The van der Waals surface area contributed by atoms with E-state index in [1.807, 2.05) is 0 Å². The highest BCUT2D eigenvalue weighted by Gasteiger charge is 2.53. The fourth-order valence-corrected chi connectivity index (χ4v) is 3.17. The molecule has 0 amide bonds. The van der Waals surface area contributed by atoms with Crippen molar-refractivity contribution < 1.29 is 24.0 Å². The molecular weight excluding hydrogens is 334 g/mol. The van der Waals surface area contributed by atoms with E-state index in [1.165, 1.54) is 19.2 Å². The van der Waals surface area contributed by atoms with Gasteiger partial charge in [0.15, 0.2) is 17.7 Å². The van der Waals surface area contributed by atoms with E-state index in [1.54, 1.807) is 60.7 Å². The van der Waals surface area contributed by atoms with Gasteiger partial charge in [0.05, 0.1) is 13.0 Å². The SMILES string of the molecule is COC(=O)[C@@H]1[C@@H](C(=O)c2ccccc2)[C@@H](C(=O)c2ccccc2)ON1C. The van der Waals surface area contributed by atoms with Crippen molar-refractivity contribution in [1.29, 1.82) is 0 Å². The molecule has 1 saturated heterocycles. The molecule has 1 aliphatic rings. The summed E-state index contributed by atoms with van der Waals surface area (Å²) in [5.41, 5.74) is 0.832. The third-order valence-electron chi connectivity index (χ3n) is 4.46. The lowest BCUT2D eigenvalue weighted by molar-refractivity contribution is -0.166. The molecule has 1 fully saturated rings. The Bertz CT molecular complexity index is 805. The molecule has 0 aromatic heterocycles. The van der Waals surface area contributed by atoms with Crippen LogP contribution in [0.4, 0.5) is 0 Å². The van der Waals surface area contributed by atoms with Crippen molar-refractivity contribution in [3.63, 3.8) is 0 Å². The summed E-state index contributed by atoms with van der Waals surface area (Å²) in [5.74, 6) is -2.30. The maximum absolute atomic E-state index is 13.1. The Labute approximate surface area is 151 Å². The molecule has 0 radical (unpaired) electrons. The van der Waals surface area contributed by atoms with Crippen LogP contribution in [0.25, 0.3) is 0 Å². The first-order valence-corrected chi connectivity index (χ1v) is 8.20. The Balaban J connectivity index is 2.01. The number of carbonyl (C=O) groups is 3. The van der Waals surface area contributed by atoms with E-state index in [4.69, 9.17) is 9.57 Å². The number of Topliss-reactive ketones (excluding diaryl/α,β-unsaturated/α-hetero) is 2. The molecule has 0 spiro atoms.